The number of rotatable bonds is 5. The van der Waals surface area contributed by atoms with Gasteiger partial charge >= 0.3 is 5.97 Å². The quantitative estimate of drug-likeness (QED) is 0.776. The normalized spacial score (nSPS) is 17.3. The minimum absolute atomic E-state index is 0.120. The van der Waals surface area contributed by atoms with Crippen LogP contribution in [0.25, 0.3) is 0 Å². The van der Waals surface area contributed by atoms with Gasteiger partial charge in [-0.15, -0.1) is 0 Å². The smallest absolute Gasteiger partial charge is 0.337 e. The number of carbonyl (C=O) groups is 3. The van der Waals surface area contributed by atoms with E-state index in [1.54, 1.807) is 30.3 Å². The molecule has 0 radical (unpaired) electrons. The van der Waals surface area contributed by atoms with Crippen molar-refractivity contribution in [1.29, 1.82) is 0 Å². The number of fused-ring (bicyclic) bond motifs is 1. The number of nitrogens with one attached hydrogen (secondary N) is 1. The molecule has 1 fully saturated rings. The Bertz CT molecular complexity index is 973. The van der Waals surface area contributed by atoms with Crippen molar-refractivity contribution in [2.75, 3.05) is 25.3 Å². The second-order valence-corrected chi connectivity index (χ2v) is 6.85. The maximum absolute atomic E-state index is 12.6. The minimum Gasteiger partial charge on any atom is -0.465 e. The number of esters is 1. The van der Waals surface area contributed by atoms with Gasteiger partial charge in [0.2, 0.25) is 18.6 Å². The molecule has 0 saturated carbocycles. The SMILES string of the molecule is COC(=O)c1cccc(N2CC(C(=O)NCc3ccc4c(c3)OCO4)CC2=O)c1. The Hall–Kier alpha value is -3.55. The maximum Gasteiger partial charge on any atom is 0.337 e. The van der Waals surface area contributed by atoms with Crippen molar-refractivity contribution >= 4 is 23.5 Å². The summed E-state index contributed by atoms with van der Waals surface area (Å²) in [6.07, 6.45) is 0.120. The summed E-state index contributed by atoms with van der Waals surface area (Å²) in [5.41, 5.74) is 1.81. The number of carbonyl (C=O) groups excluding carboxylic acids is 3. The van der Waals surface area contributed by atoms with E-state index in [0.717, 1.165) is 5.56 Å². The lowest BCUT2D eigenvalue weighted by molar-refractivity contribution is -0.126. The molecule has 0 aliphatic carbocycles. The number of hydrogen-bond donors (Lipinski definition) is 1. The molecule has 0 aromatic heterocycles. The minimum atomic E-state index is -0.475. The van der Waals surface area contributed by atoms with Crippen molar-refractivity contribution < 1.29 is 28.6 Å². The first-order valence-electron chi connectivity index (χ1n) is 9.20. The van der Waals surface area contributed by atoms with Crippen LogP contribution in [-0.4, -0.2) is 38.2 Å². The Morgan fingerprint density at radius 2 is 2.00 bits per heavy atom. The molecule has 150 valence electrons. The summed E-state index contributed by atoms with van der Waals surface area (Å²) < 4.78 is 15.3. The summed E-state index contributed by atoms with van der Waals surface area (Å²) in [5, 5.41) is 2.88. The van der Waals surface area contributed by atoms with Gasteiger partial charge in [-0.25, -0.2) is 4.79 Å². The molecule has 0 spiro atoms. The van der Waals surface area contributed by atoms with Crippen LogP contribution in [0, 0.1) is 5.92 Å². The molecule has 2 aliphatic rings. The number of hydrogen-bond acceptors (Lipinski definition) is 6. The molecule has 1 N–H and O–H groups in total. The average molecular weight is 396 g/mol. The van der Waals surface area contributed by atoms with Crippen molar-refractivity contribution in [3.63, 3.8) is 0 Å². The number of anilines is 1. The highest BCUT2D eigenvalue weighted by molar-refractivity contribution is 6.01. The highest BCUT2D eigenvalue weighted by Crippen LogP contribution is 2.32. The first kappa shape index (κ1) is 18.8. The summed E-state index contributed by atoms with van der Waals surface area (Å²) >= 11 is 0. The summed E-state index contributed by atoms with van der Waals surface area (Å²) in [6, 6.07) is 12.1. The van der Waals surface area contributed by atoms with Crippen LogP contribution in [0.1, 0.15) is 22.3 Å². The average Bonchev–Trinajstić information content (AvgIpc) is 3.37. The van der Waals surface area contributed by atoms with Crippen molar-refractivity contribution in [1.82, 2.24) is 5.32 Å². The third-order valence-electron chi connectivity index (χ3n) is 4.98. The second-order valence-electron chi connectivity index (χ2n) is 6.85. The zero-order valence-corrected chi connectivity index (χ0v) is 15.8. The van der Waals surface area contributed by atoms with Crippen LogP contribution in [0.4, 0.5) is 5.69 Å². The predicted molar refractivity (Wildman–Crippen MR) is 103 cm³/mol. The summed E-state index contributed by atoms with van der Waals surface area (Å²) in [4.78, 5) is 38.3. The van der Waals surface area contributed by atoms with Crippen molar-refractivity contribution in [3.05, 3.63) is 53.6 Å². The molecule has 8 nitrogen and oxygen atoms in total. The van der Waals surface area contributed by atoms with Gasteiger partial charge < -0.3 is 24.4 Å². The standard InChI is InChI=1S/C21H20N2O6/c1-27-21(26)14-3-2-4-16(8-14)23-11-15(9-19(23)24)20(25)22-10-13-5-6-17-18(7-13)29-12-28-17/h2-8,15H,9-12H2,1H3,(H,22,25). The molecule has 1 unspecified atom stereocenters. The van der Waals surface area contributed by atoms with Gasteiger partial charge in [-0.2, -0.15) is 0 Å². The molecule has 8 heteroatoms. The third-order valence-corrected chi connectivity index (χ3v) is 4.98. The molecule has 2 aromatic rings. The van der Waals surface area contributed by atoms with Crippen molar-refractivity contribution in [2.45, 2.75) is 13.0 Å². The fraction of sp³-hybridized carbons (Fsp3) is 0.286. The van der Waals surface area contributed by atoms with Crippen LogP contribution >= 0.6 is 0 Å². The van der Waals surface area contributed by atoms with E-state index in [0.29, 0.717) is 29.3 Å². The highest BCUT2D eigenvalue weighted by atomic mass is 16.7. The topological polar surface area (TPSA) is 94.2 Å². The van der Waals surface area contributed by atoms with Gasteiger partial charge in [0.05, 0.1) is 18.6 Å². The fourth-order valence-electron chi connectivity index (χ4n) is 3.44. The summed E-state index contributed by atoms with van der Waals surface area (Å²) in [7, 11) is 1.30. The largest absolute Gasteiger partial charge is 0.465 e. The van der Waals surface area contributed by atoms with Crippen molar-refractivity contribution in [3.8, 4) is 11.5 Å². The second kappa shape index (κ2) is 7.83. The van der Waals surface area contributed by atoms with E-state index in [9.17, 15) is 14.4 Å². The Labute approximate surface area is 167 Å². The Morgan fingerprint density at radius 1 is 1.17 bits per heavy atom. The van der Waals surface area contributed by atoms with Gasteiger partial charge in [-0.1, -0.05) is 12.1 Å². The van der Waals surface area contributed by atoms with Gasteiger partial charge in [-0.05, 0) is 35.9 Å². The van der Waals surface area contributed by atoms with Gasteiger partial charge in [0.25, 0.3) is 0 Å². The monoisotopic (exact) mass is 396 g/mol. The van der Waals surface area contributed by atoms with Crippen LogP contribution in [0.2, 0.25) is 0 Å². The molecule has 4 rings (SSSR count). The van der Waals surface area contributed by atoms with E-state index >= 15 is 0 Å². The summed E-state index contributed by atoms with van der Waals surface area (Å²) in [6.45, 7) is 0.788. The lowest BCUT2D eigenvalue weighted by Gasteiger charge is -2.17. The van der Waals surface area contributed by atoms with Crippen LogP contribution < -0.4 is 19.7 Å². The van der Waals surface area contributed by atoms with Gasteiger partial charge in [-0.3, -0.25) is 9.59 Å². The molecule has 1 atom stereocenters. The van der Waals surface area contributed by atoms with Gasteiger partial charge in [0.1, 0.15) is 0 Å². The van der Waals surface area contributed by atoms with E-state index in [1.165, 1.54) is 12.0 Å². The summed E-state index contributed by atoms with van der Waals surface area (Å²) in [5.74, 6) is 0.0587. The predicted octanol–water partition coefficient (Wildman–Crippen LogP) is 1.87. The highest BCUT2D eigenvalue weighted by Gasteiger charge is 2.35. The Balaban J connectivity index is 1.38. The van der Waals surface area contributed by atoms with Crippen molar-refractivity contribution in [2.24, 2.45) is 5.92 Å². The number of amides is 2. The fourth-order valence-corrected chi connectivity index (χ4v) is 3.44. The molecule has 2 heterocycles. The zero-order chi connectivity index (χ0) is 20.4. The number of methoxy groups -OCH3 is 1. The van der Waals surface area contributed by atoms with Gasteiger partial charge in [0, 0.05) is 25.2 Å². The maximum atomic E-state index is 12.6. The zero-order valence-electron chi connectivity index (χ0n) is 15.8. The van der Waals surface area contributed by atoms with Crippen LogP contribution in [0.3, 0.4) is 0 Å². The van der Waals surface area contributed by atoms with Crippen LogP contribution in [0.15, 0.2) is 42.5 Å². The molecule has 29 heavy (non-hydrogen) atoms. The van der Waals surface area contributed by atoms with E-state index in [1.807, 2.05) is 12.1 Å². The first-order valence-corrected chi connectivity index (χ1v) is 9.20. The number of nitrogens with zero attached hydrogens (tertiary/aromatic N) is 1. The van der Waals surface area contributed by atoms with Crippen LogP contribution in [-0.2, 0) is 20.9 Å². The van der Waals surface area contributed by atoms with E-state index < -0.39 is 11.9 Å². The van der Waals surface area contributed by atoms with E-state index in [4.69, 9.17) is 14.2 Å². The first-order chi connectivity index (χ1) is 14.0. The molecule has 2 aromatic carbocycles. The van der Waals surface area contributed by atoms with Gasteiger partial charge in [0.15, 0.2) is 11.5 Å². The molecule has 0 bridgehead atoms. The van der Waals surface area contributed by atoms with E-state index in [-0.39, 0.29) is 31.6 Å². The lowest BCUT2D eigenvalue weighted by atomic mass is 10.1. The third kappa shape index (κ3) is 3.87. The Morgan fingerprint density at radius 3 is 2.83 bits per heavy atom. The number of benzene rings is 2. The molecular weight excluding hydrogens is 376 g/mol. The van der Waals surface area contributed by atoms with Crippen LogP contribution in [0.5, 0.6) is 11.5 Å². The molecule has 2 amide bonds. The Kier molecular flexibility index (Phi) is 5.07. The molecule has 2 aliphatic heterocycles. The lowest BCUT2D eigenvalue weighted by Crippen LogP contribution is -2.32. The molecule has 1 saturated heterocycles. The van der Waals surface area contributed by atoms with E-state index in [2.05, 4.69) is 5.32 Å². The molecular formula is C21H20N2O6. The number of ether oxygens (including phenoxy) is 3.